The van der Waals surface area contributed by atoms with Crippen molar-refractivity contribution in [3.8, 4) is 5.75 Å². The average Bonchev–Trinajstić information content (AvgIpc) is 2.42. The van der Waals surface area contributed by atoms with Crippen LogP contribution in [0.15, 0.2) is 24.3 Å². The Kier molecular flexibility index (Phi) is 5.90. The number of rotatable bonds is 6. The minimum Gasteiger partial charge on any atom is -0.481 e. The molecule has 0 aliphatic rings. The lowest BCUT2D eigenvalue weighted by atomic mass is 10.2. The zero-order valence-corrected chi connectivity index (χ0v) is 12.2. The highest BCUT2D eigenvalue weighted by atomic mass is 19.1. The monoisotopic (exact) mass is 295 g/mol. The molecule has 0 atom stereocenters. The molecule has 1 N–H and O–H groups in total. The van der Waals surface area contributed by atoms with E-state index in [0.717, 1.165) is 12.1 Å². The lowest BCUT2D eigenvalue weighted by Gasteiger charge is -2.21. The Labute approximate surface area is 122 Å². The maximum absolute atomic E-state index is 13.8. The van der Waals surface area contributed by atoms with Crippen LogP contribution in [0, 0.1) is 5.82 Å². The van der Waals surface area contributed by atoms with Crippen LogP contribution in [0.3, 0.4) is 0 Å². The van der Waals surface area contributed by atoms with Gasteiger partial charge in [-0.05, 0) is 37.6 Å². The molecule has 0 saturated carbocycles. The third-order valence-corrected chi connectivity index (χ3v) is 2.89. The van der Waals surface area contributed by atoms with Crippen molar-refractivity contribution in [3.63, 3.8) is 0 Å². The molecule has 5 nitrogen and oxygen atoms in total. The van der Waals surface area contributed by atoms with E-state index in [1.807, 2.05) is 13.8 Å². The van der Waals surface area contributed by atoms with Crippen LogP contribution in [0.2, 0.25) is 0 Å². The van der Waals surface area contributed by atoms with Gasteiger partial charge in [-0.2, -0.15) is 0 Å². The number of hydrogen-bond acceptors (Lipinski definition) is 3. The first-order valence-corrected chi connectivity index (χ1v) is 6.40. The minimum absolute atomic E-state index is 0.0366. The van der Waals surface area contributed by atoms with Crippen LogP contribution < -0.4 is 4.74 Å². The summed E-state index contributed by atoms with van der Waals surface area (Å²) in [5.41, 5.74) is 0.396. The summed E-state index contributed by atoms with van der Waals surface area (Å²) in [4.78, 5) is 23.6. The number of aliphatic carboxylic acids is 1. The number of hydrogen-bond donors (Lipinski definition) is 1. The van der Waals surface area contributed by atoms with Gasteiger partial charge < -0.3 is 14.7 Å². The number of amides is 1. The van der Waals surface area contributed by atoms with E-state index in [1.165, 1.54) is 23.1 Å². The van der Waals surface area contributed by atoms with Gasteiger partial charge in [0.15, 0.2) is 18.2 Å². The molecule has 0 aromatic heterocycles. The van der Waals surface area contributed by atoms with Crippen molar-refractivity contribution in [2.45, 2.75) is 19.9 Å². The van der Waals surface area contributed by atoms with E-state index < -0.39 is 11.8 Å². The number of benzene rings is 1. The summed E-state index contributed by atoms with van der Waals surface area (Å²) in [5.74, 6) is -2.06. The fourth-order valence-corrected chi connectivity index (χ4v) is 1.43. The van der Waals surface area contributed by atoms with E-state index in [2.05, 4.69) is 0 Å². The highest BCUT2D eigenvalue weighted by molar-refractivity contribution is 5.85. The molecule has 1 aromatic carbocycles. The van der Waals surface area contributed by atoms with Crippen LogP contribution in [0.4, 0.5) is 4.39 Å². The van der Waals surface area contributed by atoms with Gasteiger partial charge in [-0.25, -0.2) is 9.18 Å². The lowest BCUT2D eigenvalue weighted by Crippen LogP contribution is -2.36. The van der Waals surface area contributed by atoms with E-state index in [1.54, 1.807) is 7.05 Å². The Hall–Kier alpha value is -2.37. The topological polar surface area (TPSA) is 66.8 Å². The van der Waals surface area contributed by atoms with E-state index in [-0.39, 0.29) is 24.3 Å². The molecular formula is C15H18FNO4. The molecule has 21 heavy (non-hydrogen) atoms. The Morgan fingerprint density at radius 3 is 2.62 bits per heavy atom. The summed E-state index contributed by atoms with van der Waals surface area (Å²) >= 11 is 0. The molecule has 1 amide bonds. The summed E-state index contributed by atoms with van der Waals surface area (Å²) in [6.45, 7) is 3.47. The summed E-state index contributed by atoms with van der Waals surface area (Å²) < 4.78 is 18.9. The molecule has 6 heteroatoms. The molecule has 0 fully saturated rings. The van der Waals surface area contributed by atoms with E-state index in [9.17, 15) is 14.0 Å². The van der Waals surface area contributed by atoms with Crippen molar-refractivity contribution in [2.75, 3.05) is 13.7 Å². The number of carboxylic acid groups (broad SMARTS) is 1. The normalized spacial score (nSPS) is 10.9. The molecule has 0 spiro atoms. The highest BCUT2D eigenvalue weighted by Gasteiger charge is 2.13. The van der Waals surface area contributed by atoms with Gasteiger partial charge in [-0.15, -0.1) is 0 Å². The summed E-state index contributed by atoms with van der Waals surface area (Å²) in [7, 11) is 1.65. The number of nitrogens with zero attached hydrogens (tertiary/aromatic N) is 1. The van der Waals surface area contributed by atoms with Crippen molar-refractivity contribution in [2.24, 2.45) is 0 Å². The molecule has 0 aliphatic carbocycles. The third kappa shape index (κ3) is 5.25. The molecular weight excluding hydrogens is 277 g/mol. The third-order valence-electron chi connectivity index (χ3n) is 2.89. The highest BCUT2D eigenvalue weighted by Crippen LogP contribution is 2.19. The van der Waals surface area contributed by atoms with Crippen molar-refractivity contribution in [1.82, 2.24) is 4.90 Å². The van der Waals surface area contributed by atoms with Gasteiger partial charge in [0.05, 0.1) is 0 Å². The molecule has 0 radical (unpaired) electrons. The molecule has 0 saturated heterocycles. The molecule has 0 unspecified atom stereocenters. The van der Waals surface area contributed by atoms with Gasteiger partial charge in [-0.3, -0.25) is 4.79 Å². The summed E-state index contributed by atoms with van der Waals surface area (Å²) in [6, 6.07) is 4.05. The Bertz CT molecular complexity index is 555. The predicted molar refractivity (Wildman–Crippen MR) is 76.5 cm³/mol. The van der Waals surface area contributed by atoms with Crippen molar-refractivity contribution >= 4 is 18.0 Å². The molecule has 0 bridgehead atoms. The van der Waals surface area contributed by atoms with E-state index >= 15 is 0 Å². The first kappa shape index (κ1) is 16.7. The largest absolute Gasteiger partial charge is 0.481 e. The zero-order valence-electron chi connectivity index (χ0n) is 12.2. The number of carbonyl (C=O) groups is 2. The van der Waals surface area contributed by atoms with Gasteiger partial charge in [0.2, 0.25) is 0 Å². The van der Waals surface area contributed by atoms with Crippen molar-refractivity contribution in [3.05, 3.63) is 35.7 Å². The first-order chi connectivity index (χ1) is 9.81. The van der Waals surface area contributed by atoms with Crippen LogP contribution in [0.1, 0.15) is 19.4 Å². The second kappa shape index (κ2) is 7.42. The molecule has 0 heterocycles. The fourth-order valence-electron chi connectivity index (χ4n) is 1.43. The Balaban J connectivity index is 2.69. The van der Waals surface area contributed by atoms with Gasteiger partial charge in [0.25, 0.3) is 5.91 Å². The second-order valence-electron chi connectivity index (χ2n) is 4.75. The lowest BCUT2D eigenvalue weighted by molar-refractivity contribution is -0.133. The van der Waals surface area contributed by atoms with Gasteiger partial charge in [0.1, 0.15) is 0 Å². The average molecular weight is 295 g/mol. The number of ether oxygens (including phenoxy) is 1. The molecule has 1 aromatic rings. The van der Waals surface area contributed by atoms with Gasteiger partial charge in [-0.1, -0.05) is 6.07 Å². The van der Waals surface area contributed by atoms with Crippen molar-refractivity contribution < 1.29 is 23.8 Å². The number of carboxylic acids is 1. The maximum Gasteiger partial charge on any atom is 0.328 e. The zero-order chi connectivity index (χ0) is 16.0. The molecule has 114 valence electrons. The van der Waals surface area contributed by atoms with Crippen LogP contribution in [0.5, 0.6) is 5.75 Å². The fraction of sp³-hybridized carbons (Fsp3) is 0.333. The van der Waals surface area contributed by atoms with E-state index in [0.29, 0.717) is 5.56 Å². The summed E-state index contributed by atoms with van der Waals surface area (Å²) in [5, 5.41) is 8.49. The smallest absolute Gasteiger partial charge is 0.328 e. The Morgan fingerprint density at radius 2 is 2.10 bits per heavy atom. The van der Waals surface area contributed by atoms with Crippen molar-refractivity contribution in [1.29, 1.82) is 0 Å². The van der Waals surface area contributed by atoms with Gasteiger partial charge >= 0.3 is 5.97 Å². The quantitative estimate of drug-likeness (QED) is 0.817. The van der Waals surface area contributed by atoms with Crippen LogP contribution in [-0.2, 0) is 9.59 Å². The Morgan fingerprint density at radius 1 is 1.43 bits per heavy atom. The maximum atomic E-state index is 13.8. The predicted octanol–water partition coefficient (Wildman–Crippen LogP) is 2.17. The molecule has 1 rings (SSSR count). The SMILES string of the molecule is CC(C)N(C)C(=O)COc1ccc(/C=C/C(=O)O)cc1F. The van der Waals surface area contributed by atoms with Crippen LogP contribution in [0.25, 0.3) is 6.08 Å². The second-order valence-corrected chi connectivity index (χ2v) is 4.75. The number of carbonyl (C=O) groups excluding carboxylic acids is 1. The van der Waals surface area contributed by atoms with Crippen LogP contribution in [-0.4, -0.2) is 41.6 Å². The van der Waals surface area contributed by atoms with Gasteiger partial charge in [0, 0.05) is 19.2 Å². The minimum atomic E-state index is -1.11. The number of halogens is 1. The van der Waals surface area contributed by atoms with Crippen LogP contribution >= 0.6 is 0 Å². The standard InChI is InChI=1S/C15H18FNO4/c1-10(2)17(3)14(18)9-21-13-6-4-11(8-12(13)16)5-7-15(19)20/h4-8,10H,9H2,1-3H3,(H,19,20)/b7-5+. The number of likely N-dealkylation sites (N-methyl/N-ethyl adjacent to an activating group) is 1. The van der Waals surface area contributed by atoms with E-state index in [4.69, 9.17) is 9.84 Å². The summed E-state index contributed by atoms with van der Waals surface area (Å²) in [6.07, 6.45) is 2.18. The first-order valence-electron chi connectivity index (χ1n) is 6.40. The molecule has 0 aliphatic heterocycles.